The van der Waals surface area contributed by atoms with Gasteiger partial charge in [0, 0.05) is 22.9 Å². The highest BCUT2D eigenvalue weighted by atomic mass is 35.5. The zero-order valence-corrected chi connectivity index (χ0v) is 16.5. The van der Waals surface area contributed by atoms with Crippen molar-refractivity contribution >= 4 is 11.6 Å². The van der Waals surface area contributed by atoms with E-state index in [2.05, 4.69) is 19.9 Å². The first-order valence-corrected chi connectivity index (χ1v) is 9.73. The second-order valence-corrected chi connectivity index (χ2v) is 6.96. The number of halogens is 1. The molecule has 0 amide bonds. The van der Waals surface area contributed by atoms with Gasteiger partial charge in [0.2, 0.25) is 0 Å². The summed E-state index contributed by atoms with van der Waals surface area (Å²) in [6, 6.07) is 26.9. The minimum absolute atomic E-state index is 0.433. The number of hydrogen-bond acceptors (Lipinski definition) is 5. The van der Waals surface area contributed by atoms with Crippen molar-refractivity contribution in [3.8, 4) is 45.7 Å². The van der Waals surface area contributed by atoms with Gasteiger partial charge in [-0.15, -0.1) is 0 Å². The Hall–Kier alpha value is -3.83. The SMILES string of the molecule is Clc1ccc(-c2ccc(-c3nc(-c4ccccc4)nc(-c4ccccc4)n3)o2)cn1. The van der Waals surface area contributed by atoms with Gasteiger partial charge in [-0.05, 0) is 24.3 Å². The van der Waals surface area contributed by atoms with Crippen molar-refractivity contribution in [1.29, 1.82) is 0 Å². The lowest BCUT2D eigenvalue weighted by molar-refractivity contribution is 0.591. The Balaban J connectivity index is 1.62. The highest BCUT2D eigenvalue weighted by Gasteiger charge is 2.15. The molecule has 3 aromatic heterocycles. The predicted octanol–water partition coefficient (Wildman–Crippen LogP) is 6.18. The molecule has 6 heteroatoms. The lowest BCUT2D eigenvalue weighted by atomic mass is 10.2. The van der Waals surface area contributed by atoms with E-state index >= 15 is 0 Å². The molecule has 30 heavy (non-hydrogen) atoms. The van der Waals surface area contributed by atoms with E-state index in [0.717, 1.165) is 16.7 Å². The lowest BCUT2D eigenvalue weighted by Crippen LogP contribution is -1.99. The van der Waals surface area contributed by atoms with Crippen molar-refractivity contribution in [2.75, 3.05) is 0 Å². The molecule has 0 N–H and O–H groups in total. The highest BCUT2D eigenvalue weighted by molar-refractivity contribution is 6.29. The van der Waals surface area contributed by atoms with Crippen LogP contribution in [0.15, 0.2) is 95.5 Å². The molecule has 0 atom stereocenters. The monoisotopic (exact) mass is 410 g/mol. The second-order valence-electron chi connectivity index (χ2n) is 6.57. The van der Waals surface area contributed by atoms with Crippen LogP contribution in [0.4, 0.5) is 0 Å². The van der Waals surface area contributed by atoms with Gasteiger partial charge in [0.1, 0.15) is 10.9 Å². The molecule has 0 unspecified atom stereocenters. The summed E-state index contributed by atoms with van der Waals surface area (Å²) in [5, 5.41) is 0.433. The van der Waals surface area contributed by atoms with E-state index in [1.165, 1.54) is 0 Å². The molecule has 144 valence electrons. The molecule has 0 aliphatic carbocycles. The Bertz CT molecular complexity index is 1230. The van der Waals surface area contributed by atoms with Crippen molar-refractivity contribution in [3.05, 3.63) is 96.3 Å². The smallest absolute Gasteiger partial charge is 0.199 e. The summed E-state index contributed by atoms with van der Waals surface area (Å²) in [4.78, 5) is 18.1. The van der Waals surface area contributed by atoms with Gasteiger partial charge in [-0.25, -0.2) is 19.9 Å². The molecule has 0 radical (unpaired) electrons. The maximum Gasteiger partial charge on any atom is 0.199 e. The van der Waals surface area contributed by atoms with Gasteiger partial charge >= 0.3 is 0 Å². The lowest BCUT2D eigenvalue weighted by Gasteiger charge is -2.06. The van der Waals surface area contributed by atoms with Crippen LogP contribution >= 0.6 is 11.6 Å². The van der Waals surface area contributed by atoms with Gasteiger partial charge in [0.25, 0.3) is 0 Å². The first-order valence-electron chi connectivity index (χ1n) is 9.35. The molecule has 5 rings (SSSR count). The number of pyridine rings is 1. The molecule has 0 spiro atoms. The summed E-state index contributed by atoms with van der Waals surface area (Å²) in [5.74, 6) is 2.86. The fourth-order valence-corrected chi connectivity index (χ4v) is 3.17. The number of benzene rings is 2. The third-order valence-electron chi connectivity index (χ3n) is 4.54. The van der Waals surface area contributed by atoms with Crippen molar-refractivity contribution < 1.29 is 4.42 Å². The molecule has 0 aliphatic rings. The molecule has 0 saturated carbocycles. The van der Waals surface area contributed by atoms with Crippen molar-refractivity contribution in [2.24, 2.45) is 0 Å². The molecular formula is C24H15ClN4O. The van der Waals surface area contributed by atoms with Gasteiger partial charge in [-0.3, -0.25) is 0 Å². The summed E-state index contributed by atoms with van der Waals surface area (Å²) < 4.78 is 6.04. The van der Waals surface area contributed by atoms with Crippen LogP contribution < -0.4 is 0 Å². The second kappa shape index (κ2) is 7.89. The molecule has 0 aliphatic heterocycles. The van der Waals surface area contributed by atoms with Crippen LogP contribution in [-0.4, -0.2) is 19.9 Å². The standard InChI is InChI=1S/C24H15ClN4O/c25-21-14-11-18(15-26-21)19-12-13-20(30-19)24-28-22(16-7-3-1-4-8-16)27-23(29-24)17-9-5-2-6-10-17/h1-15H. The quantitative estimate of drug-likeness (QED) is 0.331. The zero-order chi connectivity index (χ0) is 20.3. The number of aromatic nitrogens is 4. The third kappa shape index (κ3) is 3.71. The van der Waals surface area contributed by atoms with Crippen LogP contribution in [0.1, 0.15) is 0 Å². The molecule has 0 fully saturated rings. The first kappa shape index (κ1) is 18.2. The molecule has 2 aromatic carbocycles. The zero-order valence-electron chi connectivity index (χ0n) is 15.7. The highest BCUT2D eigenvalue weighted by Crippen LogP contribution is 2.29. The number of rotatable bonds is 4. The van der Waals surface area contributed by atoms with Crippen LogP contribution in [0.5, 0.6) is 0 Å². The van der Waals surface area contributed by atoms with Crippen LogP contribution in [0.3, 0.4) is 0 Å². The maximum absolute atomic E-state index is 6.04. The van der Waals surface area contributed by atoms with Crippen molar-refractivity contribution in [1.82, 2.24) is 19.9 Å². The van der Waals surface area contributed by atoms with E-state index in [4.69, 9.17) is 16.0 Å². The Kier molecular flexibility index (Phi) is 4.79. The largest absolute Gasteiger partial charge is 0.453 e. The summed E-state index contributed by atoms with van der Waals surface area (Å²) in [6.45, 7) is 0. The molecular weight excluding hydrogens is 396 g/mol. The minimum Gasteiger partial charge on any atom is -0.453 e. The Morgan fingerprint density at radius 1 is 0.533 bits per heavy atom. The molecule has 5 nitrogen and oxygen atoms in total. The maximum atomic E-state index is 6.04. The van der Waals surface area contributed by atoms with Crippen LogP contribution in [0, 0.1) is 0 Å². The van der Waals surface area contributed by atoms with Crippen molar-refractivity contribution in [3.63, 3.8) is 0 Å². The van der Waals surface area contributed by atoms with E-state index in [0.29, 0.717) is 34.1 Å². The fraction of sp³-hybridized carbons (Fsp3) is 0. The van der Waals surface area contributed by atoms with Crippen LogP contribution in [-0.2, 0) is 0 Å². The van der Waals surface area contributed by atoms with Gasteiger partial charge in [-0.1, -0.05) is 72.3 Å². The number of hydrogen-bond donors (Lipinski definition) is 0. The topological polar surface area (TPSA) is 64.7 Å². The van der Waals surface area contributed by atoms with Crippen molar-refractivity contribution in [2.45, 2.75) is 0 Å². The Morgan fingerprint density at radius 3 is 1.67 bits per heavy atom. The number of furan rings is 1. The van der Waals surface area contributed by atoms with Crippen LogP contribution in [0.2, 0.25) is 5.15 Å². The normalized spacial score (nSPS) is 10.8. The van der Waals surface area contributed by atoms with Gasteiger partial charge in [-0.2, -0.15) is 0 Å². The Morgan fingerprint density at radius 2 is 1.10 bits per heavy atom. The molecule has 0 saturated heterocycles. The van der Waals surface area contributed by atoms with E-state index in [9.17, 15) is 0 Å². The summed E-state index contributed by atoms with van der Waals surface area (Å²) in [7, 11) is 0. The van der Waals surface area contributed by atoms with Crippen LogP contribution in [0.25, 0.3) is 45.7 Å². The van der Waals surface area contributed by atoms with E-state index in [-0.39, 0.29) is 0 Å². The Labute approximate surface area is 178 Å². The minimum atomic E-state index is 0.433. The van der Waals surface area contributed by atoms with Gasteiger partial charge < -0.3 is 4.42 Å². The first-order chi connectivity index (χ1) is 14.8. The summed E-state index contributed by atoms with van der Waals surface area (Å²) in [6.07, 6.45) is 1.67. The predicted molar refractivity (Wildman–Crippen MR) is 117 cm³/mol. The average Bonchev–Trinajstić information content (AvgIpc) is 3.31. The molecule has 3 heterocycles. The fourth-order valence-electron chi connectivity index (χ4n) is 3.05. The molecule has 0 bridgehead atoms. The van der Waals surface area contributed by atoms with E-state index in [1.807, 2.05) is 78.9 Å². The van der Waals surface area contributed by atoms with Gasteiger partial charge in [0.05, 0.1) is 0 Å². The van der Waals surface area contributed by atoms with E-state index < -0.39 is 0 Å². The third-order valence-corrected chi connectivity index (χ3v) is 4.76. The van der Waals surface area contributed by atoms with E-state index in [1.54, 1.807) is 12.3 Å². The summed E-state index contributed by atoms with van der Waals surface area (Å²) in [5.41, 5.74) is 2.64. The summed E-state index contributed by atoms with van der Waals surface area (Å²) >= 11 is 5.88. The average molecular weight is 411 g/mol. The van der Waals surface area contributed by atoms with Gasteiger partial charge in [0.15, 0.2) is 23.2 Å². The molecule has 5 aromatic rings. The number of nitrogens with zero attached hydrogens (tertiary/aromatic N) is 4.